The number of ether oxygens (including phenoxy) is 1. The Bertz CT molecular complexity index is 971. The van der Waals surface area contributed by atoms with Crippen LogP contribution >= 0.6 is 34.5 Å². The van der Waals surface area contributed by atoms with E-state index >= 15 is 0 Å². The molecule has 0 fully saturated rings. The highest BCUT2D eigenvalue weighted by Crippen LogP contribution is 2.33. The van der Waals surface area contributed by atoms with Crippen molar-refractivity contribution < 1.29 is 9.53 Å². The highest BCUT2D eigenvalue weighted by atomic mass is 35.5. The molecule has 2 aromatic carbocycles. The second-order valence-electron chi connectivity index (χ2n) is 6.04. The first kappa shape index (κ1) is 20.6. The van der Waals surface area contributed by atoms with Gasteiger partial charge in [-0.3, -0.25) is 4.79 Å². The third-order valence-corrected chi connectivity index (χ3v) is 5.75. The van der Waals surface area contributed by atoms with Crippen molar-refractivity contribution in [1.29, 1.82) is 0 Å². The van der Waals surface area contributed by atoms with E-state index in [9.17, 15) is 4.79 Å². The Hall–Kier alpha value is -2.08. The molecule has 0 saturated carbocycles. The van der Waals surface area contributed by atoms with Crippen molar-refractivity contribution >= 4 is 40.4 Å². The molecule has 0 N–H and O–H groups in total. The highest BCUT2D eigenvalue weighted by molar-refractivity contribution is 7.13. The molecule has 4 nitrogen and oxygen atoms in total. The minimum atomic E-state index is -0.0566. The van der Waals surface area contributed by atoms with Gasteiger partial charge < -0.3 is 9.64 Å². The minimum absolute atomic E-state index is 0.0566. The molecule has 0 atom stereocenters. The maximum atomic E-state index is 12.5. The van der Waals surface area contributed by atoms with Crippen LogP contribution in [0.2, 0.25) is 10.0 Å². The summed E-state index contributed by atoms with van der Waals surface area (Å²) in [5, 5.41) is 3.69. The molecule has 0 saturated heterocycles. The van der Waals surface area contributed by atoms with Crippen LogP contribution in [0.5, 0.6) is 5.75 Å². The summed E-state index contributed by atoms with van der Waals surface area (Å²) in [6, 6.07) is 13.0. The van der Waals surface area contributed by atoms with E-state index in [-0.39, 0.29) is 5.91 Å². The van der Waals surface area contributed by atoms with Gasteiger partial charge in [-0.05, 0) is 38.1 Å². The number of halogens is 2. The zero-order valence-corrected chi connectivity index (χ0v) is 17.9. The fourth-order valence-electron chi connectivity index (χ4n) is 2.73. The van der Waals surface area contributed by atoms with Crippen LogP contribution in [0.15, 0.2) is 47.8 Å². The zero-order chi connectivity index (χ0) is 20.1. The molecule has 146 valence electrons. The number of hydrogen-bond acceptors (Lipinski definition) is 4. The van der Waals surface area contributed by atoms with E-state index in [0.717, 1.165) is 16.1 Å². The Labute approximate surface area is 178 Å². The Kier molecular flexibility index (Phi) is 6.94. The van der Waals surface area contributed by atoms with E-state index in [0.29, 0.717) is 41.2 Å². The van der Waals surface area contributed by atoms with Gasteiger partial charge in [0.2, 0.25) is 0 Å². The molecule has 1 amide bonds. The molecular formula is C21H20Cl2N2O2S. The topological polar surface area (TPSA) is 42.4 Å². The predicted molar refractivity (Wildman–Crippen MR) is 116 cm³/mol. The molecule has 1 heterocycles. The summed E-state index contributed by atoms with van der Waals surface area (Å²) in [5.41, 5.74) is 2.15. The molecule has 0 radical (unpaired) electrons. The molecule has 0 aliphatic carbocycles. The quantitative estimate of drug-likeness (QED) is 0.445. The molecule has 0 aliphatic heterocycles. The fraction of sp³-hybridized carbons (Fsp3) is 0.238. The van der Waals surface area contributed by atoms with E-state index < -0.39 is 0 Å². The Morgan fingerprint density at radius 3 is 2.61 bits per heavy atom. The normalized spacial score (nSPS) is 10.7. The fourth-order valence-corrected chi connectivity index (χ4v) is 4.02. The summed E-state index contributed by atoms with van der Waals surface area (Å²) in [6.45, 7) is 5.54. The lowest BCUT2D eigenvalue weighted by Gasteiger charge is -2.16. The number of benzene rings is 2. The van der Waals surface area contributed by atoms with E-state index in [1.807, 2.05) is 44.2 Å². The second kappa shape index (κ2) is 9.41. The number of hydrogen-bond donors (Lipinski definition) is 0. The summed E-state index contributed by atoms with van der Waals surface area (Å²) < 4.78 is 6.00. The van der Waals surface area contributed by atoms with Gasteiger partial charge >= 0.3 is 0 Å². The number of carbonyl (C=O) groups excluding carboxylic acids is 1. The molecule has 7 heteroatoms. The Morgan fingerprint density at radius 1 is 1.14 bits per heavy atom. The van der Waals surface area contributed by atoms with Gasteiger partial charge in [0.1, 0.15) is 23.1 Å². The number of rotatable bonds is 7. The van der Waals surface area contributed by atoms with Crippen molar-refractivity contribution in [2.75, 3.05) is 13.1 Å². The number of nitrogens with zero attached hydrogens (tertiary/aromatic N) is 2. The van der Waals surface area contributed by atoms with Gasteiger partial charge in [0.25, 0.3) is 5.91 Å². The summed E-state index contributed by atoms with van der Waals surface area (Å²) in [5.74, 6) is 0.628. The third kappa shape index (κ3) is 4.66. The maximum Gasteiger partial charge on any atom is 0.273 e. The standard InChI is InChI=1S/C21H20Cl2N2O2S/c1-3-25(4-2)21(26)18-13-28-20(24-18)16-7-5-6-8-19(16)27-12-14-9-10-15(22)11-17(14)23/h5-11,13H,3-4,12H2,1-2H3. The smallest absolute Gasteiger partial charge is 0.273 e. The lowest BCUT2D eigenvalue weighted by Crippen LogP contribution is -2.30. The van der Waals surface area contributed by atoms with Gasteiger partial charge in [-0.1, -0.05) is 41.4 Å². The maximum absolute atomic E-state index is 12.5. The largest absolute Gasteiger partial charge is 0.488 e. The van der Waals surface area contributed by atoms with Crippen LogP contribution in [0.1, 0.15) is 29.9 Å². The summed E-state index contributed by atoms with van der Waals surface area (Å²) in [7, 11) is 0. The predicted octanol–water partition coefficient (Wildman–Crippen LogP) is 6.18. The molecule has 1 aromatic heterocycles. The first-order valence-corrected chi connectivity index (χ1v) is 10.6. The van der Waals surface area contributed by atoms with Crippen molar-refractivity contribution in [3.8, 4) is 16.3 Å². The number of carbonyl (C=O) groups is 1. The molecular weight excluding hydrogens is 415 g/mol. The average molecular weight is 435 g/mol. The molecule has 3 aromatic rings. The molecule has 0 unspecified atom stereocenters. The molecule has 0 bridgehead atoms. The second-order valence-corrected chi connectivity index (χ2v) is 7.74. The van der Waals surface area contributed by atoms with Crippen LogP contribution in [0.3, 0.4) is 0 Å². The zero-order valence-electron chi connectivity index (χ0n) is 15.6. The monoisotopic (exact) mass is 434 g/mol. The van der Waals surface area contributed by atoms with E-state index in [4.69, 9.17) is 27.9 Å². The minimum Gasteiger partial charge on any atom is -0.488 e. The molecule has 0 spiro atoms. The number of amides is 1. The van der Waals surface area contributed by atoms with Gasteiger partial charge in [0.05, 0.1) is 5.56 Å². The van der Waals surface area contributed by atoms with Gasteiger partial charge in [-0.25, -0.2) is 4.98 Å². The first-order valence-electron chi connectivity index (χ1n) is 8.94. The van der Waals surface area contributed by atoms with Crippen LogP contribution in [0, 0.1) is 0 Å². The van der Waals surface area contributed by atoms with Crippen LogP contribution in [0.4, 0.5) is 0 Å². The number of thiazole rings is 1. The SMILES string of the molecule is CCN(CC)C(=O)c1csc(-c2ccccc2OCc2ccc(Cl)cc2Cl)n1. The van der Waals surface area contributed by atoms with Crippen LogP contribution in [-0.2, 0) is 6.61 Å². The van der Waals surface area contributed by atoms with Gasteiger partial charge in [-0.15, -0.1) is 11.3 Å². The van der Waals surface area contributed by atoms with Gasteiger partial charge in [-0.2, -0.15) is 0 Å². The number of aromatic nitrogens is 1. The van der Waals surface area contributed by atoms with Crippen molar-refractivity contribution in [2.45, 2.75) is 20.5 Å². The highest BCUT2D eigenvalue weighted by Gasteiger charge is 2.18. The number of para-hydroxylation sites is 1. The average Bonchev–Trinajstić information content (AvgIpc) is 3.18. The molecule has 3 rings (SSSR count). The van der Waals surface area contributed by atoms with Crippen LogP contribution < -0.4 is 4.74 Å². The Morgan fingerprint density at radius 2 is 1.89 bits per heavy atom. The van der Waals surface area contributed by atoms with E-state index in [2.05, 4.69) is 4.98 Å². The summed E-state index contributed by atoms with van der Waals surface area (Å²) in [6.07, 6.45) is 0. The van der Waals surface area contributed by atoms with Gasteiger partial charge in [0, 0.05) is 34.1 Å². The first-order chi connectivity index (χ1) is 13.5. The van der Waals surface area contributed by atoms with Crippen molar-refractivity contribution in [1.82, 2.24) is 9.88 Å². The van der Waals surface area contributed by atoms with Crippen molar-refractivity contribution in [3.05, 3.63) is 69.1 Å². The van der Waals surface area contributed by atoms with Gasteiger partial charge in [0.15, 0.2) is 0 Å². The third-order valence-electron chi connectivity index (χ3n) is 4.29. The van der Waals surface area contributed by atoms with Crippen molar-refractivity contribution in [3.63, 3.8) is 0 Å². The van der Waals surface area contributed by atoms with E-state index in [1.165, 1.54) is 11.3 Å². The Balaban J connectivity index is 1.82. The van der Waals surface area contributed by atoms with Crippen molar-refractivity contribution in [2.24, 2.45) is 0 Å². The molecule has 28 heavy (non-hydrogen) atoms. The van der Waals surface area contributed by atoms with E-state index in [1.54, 1.807) is 22.4 Å². The van der Waals surface area contributed by atoms with Crippen LogP contribution in [0.25, 0.3) is 10.6 Å². The molecule has 0 aliphatic rings. The lowest BCUT2D eigenvalue weighted by atomic mass is 10.2. The summed E-state index contributed by atoms with van der Waals surface area (Å²) >= 11 is 13.6. The summed E-state index contributed by atoms with van der Waals surface area (Å²) in [4.78, 5) is 18.8. The van der Waals surface area contributed by atoms with Crippen LogP contribution in [-0.4, -0.2) is 28.9 Å². The lowest BCUT2D eigenvalue weighted by molar-refractivity contribution is 0.0768.